The minimum absolute atomic E-state index is 0.193. The summed E-state index contributed by atoms with van der Waals surface area (Å²) in [6.07, 6.45) is -4.57. The minimum Gasteiger partial charge on any atom is -0.331 e. The summed E-state index contributed by atoms with van der Waals surface area (Å²) in [4.78, 5) is 24.4. The molecule has 0 aliphatic carbocycles. The van der Waals surface area contributed by atoms with Crippen molar-refractivity contribution >= 4 is 34.8 Å². The zero-order valence-corrected chi connectivity index (χ0v) is 13.2. The van der Waals surface area contributed by atoms with Gasteiger partial charge in [0.05, 0.1) is 22.4 Å². The number of benzene rings is 2. The molecule has 2 N–H and O–H groups in total. The van der Waals surface area contributed by atoms with Gasteiger partial charge in [-0.25, -0.2) is 0 Å². The normalized spacial score (nSPS) is 13.6. The molecule has 0 atom stereocenters. The molecule has 0 spiro atoms. The third-order valence-corrected chi connectivity index (χ3v) is 3.68. The summed E-state index contributed by atoms with van der Waals surface area (Å²) in [5.74, 6) is -1.26. The van der Waals surface area contributed by atoms with E-state index in [1.54, 1.807) is 12.1 Å². The molecule has 25 heavy (non-hydrogen) atoms. The molecule has 9 heteroatoms. The predicted octanol–water partition coefficient (Wildman–Crippen LogP) is 3.20. The zero-order valence-electron chi connectivity index (χ0n) is 12.4. The van der Waals surface area contributed by atoms with Crippen LogP contribution in [0.25, 0.3) is 0 Å². The molecule has 0 unspecified atom stereocenters. The van der Waals surface area contributed by atoms with Gasteiger partial charge in [0.25, 0.3) is 11.8 Å². The maximum absolute atomic E-state index is 13.0. The standard InChI is InChI=1S/C16H10F3N3O2S/c17-16(18,19)11-7-3-4-8-12(11)20-15(25)21-22-13(23)9-5-1-2-6-10(9)14(22)24/h1-8H,(H2,20,21,25). The molecule has 0 saturated heterocycles. The monoisotopic (exact) mass is 365 g/mol. The molecule has 1 aliphatic heterocycles. The average molecular weight is 365 g/mol. The number of nitrogens with zero attached hydrogens (tertiary/aromatic N) is 1. The van der Waals surface area contributed by atoms with Crippen molar-refractivity contribution < 1.29 is 22.8 Å². The smallest absolute Gasteiger partial charge is 0.331 e. The quantitative estimate of drug-likeness (QED) is 0.632. The molecule has 5 nitrogen and oxygen atoms in total. The SMILES string of the molecule is O=C1c2ccccc2C(=O)N1NC(=S)Nc1ccccc1C(F)(F)F. The van der Waals surface area contributed by atoms with Crippen LogP contribution < -0.4 is 10.7 Å². The number of carbonyl (C=O) groups excluding carboxylic acids is 2. The van der Waals surface area contributed by atoms with Crippen LogP contribution in [0.2, 0.25) is 0 Å². The first-order valence-corrected chi connectivity index (χ1v) is 7.41. The maximum atomic E-state index is 13.0. The molecule has 2 aromatic carbocycles. The molecule has 128 valence electrons. The van der Waals surface area contributed by atoms with Crippen molar-refractivity contribution in [2.75, 3.05) is 5.32 Å². The van der Waals surface area contributed by atoms with E-state index in [1.165, 1.54) is 30.3 Å². The van der Waals surface area contributed by atoms with Crippen LogP contribution in [0.4, 0.5) is 18.9 Å². The predicted molar refractivity (Wildman–Crippen MR) is 87.7 cm³/mol. The second-order valence-corrected chi connectivity index (χ2v) is 5.51. The van der Waals surface area contributed by atoms with Gasteiger partial charge < -0.3 is 5.32 Å². The minimum atomic E-state index is -4.57. The summed E-state index contributed by atoms with van der Waals surface area (Å²) in [6, 6.07) is 10.9. The second-order valence-electron chi connectivity index (χ2n) is 5.10. The van der Waals surface area contributed by atoms with Gasteiger partial charge in [0, 0.05) is 0 Å². The van der Waals surface area contributed by atoms with Gasteiger partial charge in [-0.3, -0.25) is 15.0 Å². The lowest BCUT2D eigenvalue weighted by atomic mass is 10.1. The summed E-state index contributed by atoms with van der Waals surface area (Å²) in [5.41, 5.74) is 1.52. The Bertz CT molecular complexity index is 848. The summed E-state index contributed by atoms with van der Waals surface area (Å²) < 4.78 is 39.0. The summed E-state index contributed by atoms with van der Waals surface area (Å²) in [6.45, 7) is 0. The van der Waals surface area contributed by atoms with Gasteiger partial charge in [0.15, 0.2) is 5.11 Å². The number of hydrogen-bond acceptors (Lipinski definition) is 3. The lowest BCUT2D eigenvalue weighted by Gasteiger charge is -2.19. The second kappa shape index (κ2) is 6.17. The third-order valence-electron chi connectivity index (χ3n) is 3.49. The number of hydrogen-bond donors (Lipinski definition) is 2. The highest BCUT2D eigenvalue weighted by Crippen LogP contribution is 2.34. The highest BCUT2D eigenvalue weighted by atomic mass is 32.1. The Morgan fingerprint density at radius 3 is 2.00 bits per heavy atom. The van der Waals surface area contributed by atoms with E-state index in [0.29, 0.717) is 5.01 Å². The highest BCUT2D eigenvalue weighted by Gasteiger charge is 2.37. The van der Waals surface area contributed by atoms with Gasteiger partial charge in [-0.1, -0.05) is 24.3 Å². The Kier molecular flexibility index (Phi) is 4.17. The number of amides is 2. The first kappa shape index (κ1) is 16.9. The van der Waals surface area contributed by atoms with E-state index in [4.69, 9.17) is 12.2 Å². The Hall–Kier alpha value is -2.94. The van der Waals surface area contributed by atoms with Gasteiger partial charge in [-0.05, 0) is 36.5 Å². The van der Waals surface area contributed by atoms with Crippen LogP contribution in [0.15, 0.2) is 48.5 Å². The van der Waals surface area contributed by atoms with Crippen LogP contribution in [0.1, 0.15) is 26.3 Å². The van der Waals surface area contributed by atoms with Crippen LogP contribution >= 0.6 is 12.2 Å². The molecule has 1 heterocycles. The molecule has 3 rings (SSSR count). The van der Waals surface area contributed by atoms with Crippen LogP contribution in [-0.4, -0.2) is 21.9 Å². The van der Waals surface area contributed by atoms with Crippen LogP contribution in [-0.2, 0) is 6.18 Å². The number of halogens is 3. The molecule has 0 radical (unpaired) electrons. The molecule has 0 bridgehead atoms. The van der Waals surface area contributed by atoms with E-state index in [1.807, 2.05) is 0 Å². The number of rotatable bonds is 2. The fraction of sp³-hybridized carbons (Fsp3) is 0.0625. The van der Waals surface area contributed by atoms with E-state index >= 15 is 0 Å². The number of anilines is 1. The number of fused-ring (bicyclic) bond motifs is 1. The number of thiocarbonyl (C=S) groups is 1. The lowest BCUT2D eigenvalue weighted by molar-refractivity contribution is -0.136. The van der Waals surface area contributed by atoms with E-state index < -0.39 is 23.6 Å². The zero-order chi connectivity index (χ0) is 18.2. The van der Waals surface area contributed by atoms with Crippen molar-refractivity contribution in [3.05, 3.63) is 65.2 Å². The number of hydrazine groups is 1. The first-order chi connectivity index (χ1) is 11.8. The number of imide groups is 1. The van der Waals surface area contributed by atoms with Crippen molar-refractivity contribution in [2.24, 2.45) is 0 Å². The van der Waals surface area contributed by atoms with Gasteiger partial charge in [-0.2, -0.15) is 18.2 Å². The van der Waals surface area contributed by atoms with Crippen LogP contribution in [0, 0.1) is 0 Å². The topological polar surface area (TPSA) is 61.4 Å². The molecule has 2 aromatic rings. The van der Waals surface area contributed by atoms with Gasteiger partial charge in [0.2, 0.25) is 0 Å². The summed E-state index contributed by atoms with van der Waals surface area (Å²) in [7, 11) is 0. The van der Waals surface area contributed by atoms with Gasteiger partial charge in [0.1, 0.15) is 0 Å². The molecule has 0 aromatic heterocycles. The van der Waals surface area contributed by atoms with Crippen molar-refractivity contribution in [2.45, 2.75) is 6.18 Å². The van der Waals surface area contributed by atoms with Crippen molar-refractivity contribution in [1.29, 1.82) is 0 Å². The molecule has 0 fully saturated rings. The van der Waals surface area contributed by atoms with E-state index in [-0.39, 0.29) is 21.9 Å². The molecular formula is C16H10F3N3O2S. The van der Waals surface area contributed by atoms with E-state index in [9.17, 15) is 22.8 Å². The Labute approximate surface area is 145 Å². The van der Waals surface area contributed by atoms with Crippen LogP contribution in [0.5, 0.6) is 0 Å². The molecule has 1 aliphatic rings. The average Bonchev–Trinajstić information content (AvgIpc) is 2.80. The lowest BCUT2D eigenvalue weighted by Crippen LogP contribution is -2.47. The Morgan fingerprint density at radius 1 is 0.920 bits per heavy atom. The third kappa shape index (κ3) is 3.18. The van der Waals surface area contributed by atoms with Crippen molar-refractivity contribution in [3.63, 3.8) is 0 Å². The van der Waals surface area contributed by atoms with Crippen molar-refractivity contribution in [1.82, 2.24) is 10.4 Å². The largest absolute Gasteiger partial charge is 0.418 e. The summed E-state index contributed by atoms with van der Waals surface area (Å²) >= 11 is 4.94. The van der Waals surface area contributed by atoms with E-state index in [0.717, 1.165) is 6.07 Å². The van der Waals surface area contributed by atoms with Gasteiger partial charge in [-0.15, -0.1) is 0 Å². The van der Waals surface area contributed by atoms with Gasteiger partial charge >= 0.3 is 6.18 Å². The fourth-order valence-electron chi connectivity index (χ4n) is 2.38. The Balaban J connectivity index is 1.77. The number of alkyl halides is 3. The number of nitrogens with one attached hydrogen (secondary N) is 2. The first-order valence-electron chi connectivity index (χ1n) is 7.00. The Morgan fingerprint density at radius 2 is 1.44 bits per heavy atom. The number of para-hydroxylation sites is 1. The molecule has 0 saturated carbocycles. The van der Waals surface area contributed by atoms with E-state index in [2.05, 4.69) is 10.7 Å². The highest BCUT2D eigenvalue weighted by molar-refractivity contribution is 7.80. The molecular weight excluding hydrogens is 355 g/mol. The molecule has 2 amide bonds. The number of carbonyl (C=O) groups is 2. The fourth-order valence-corrected chi connectivity index (χ4v) is 2.58. The van der Waals surface area contributed by atoms with Crippen LogP contribution in [0.3, 0.4) is 0 Å². The summed E-state index contributed by atoms with van der Waals surface area (Å²) in [5, 5.41) is 2.72. The maximum Gasteiger partial charge on any atom is 0.418 e. The van der Waals surface area contributed by atoms with Crippen molar-refractivity contribution in [3.8, 4) is 0 Å².